The van der Waals surface area contributed by atoms with Crippen LogP contribution in [0, 0.1) is 0 Å². The summed E-state index contributed by atoms with van der Waals surface area (Å²) in [6.07, 6.45) is 12.6. The van der Waals surface area contributed by atoms with Gasteiger partial charge < -0.3 is 25.3 Å². The molecule has 3 amide bonds. The predicted molar refractivity (Wildman–Crippen MR) is 162 cm³/mol. The Bertz CT molecular complexity index is 964. The standard InChI is InChI=1S/C32H50ClN5O2/c1-3-36(26-8-6-5-7-9-26)32(40)37(4-2)29-21-27-14-15-28(22-29)38(27)31(39)30(35-25-16-18-34-19-17-25)20-23-10-12-24(33)13-11-23/h10-13,25-30,34-35H,3-9,14-22H2,1-2H3/t27?,28?,29?,30-/m1/s1. The monoisotopic (exact) mass is 571 g/mol. The molecule has 3 saturated heterocycles. The van der Waals surface area contributed by atoms with Gasteiger partial charge in [0.1, 0.15) is 0 Å². The van der Waals surface area contributed by atoms with Crippen LogP contribution in [0.3, 0.4) is 0 Å². The SMILES string of the molecule is CCN(C(=O)N(CC)C1CC2CCC(C1)N2C(=O)[C@@H](Cc1ccc(Cl)cc1)NC1CCNCC1)C1CCCCC1. The van der Waals surface area contributed by atoms with E-state index < -0.39 is 0 Å². The van der Waals surface area contributed by atoms with Crippen LogP contribution in [-0.2, 0) is 11.2 Å². The molecule has 1 aromatic rings. The summed E-state index contributed by atoms with van der Waals surface area (Å²) < 4.78 is 0. The van der Waals surface area contributed by atoms with Gasteiger partial charge in [-0.05, 0) is 102 Å². The number of fused-ring (bicyclic) bond motifs is 2. The maximum Gasteiger partial charge on any atom is 0.320 e. The van der Waals surface area contributed by atoms with Crippen molar-refractivity contribution in [2.75, 3.05) is 26.2 Å². The number of hydrogen-bond acceptors (Lipinski definition) is 4. The van der Waals surface area contributed by atoms with Crippen LogP contribution in [0.25, 0.3) is 0 Å². The summed E-state index contributed by atoms with van der Waals surface area (Å²) in [7, 11) is 0. The first-order chi connectivity index (χ1) is 19.5. The summed E-state index contributed by atoms with van der Waals surface area (Å²) in [6, 6.07) is 9.28. The van der Waals surface area contributed by atoms with Crippen molar-refractivity contribution in [3.8, 4) is 0 Å². The second-order valence-electron chi connectivity index (χ2n) is 12.5. The fraction of sp³-hybridized carbons (Fsp3) is 0.750. The van der Waals surface area contributed by atoms with Crippen molar-refractivity contribution in [1.29, 1.82) is 0 Å². The highest BCUT2D eigenvalue weighted by Crippen LogP contribution is 2.39. The molecule has 1 saturated carbocycles. The number of hydrogen-bond donors (Lipinski definition) is 2. The van der Waals surface area contributed by atoms with Crippen LogP contribution in [0.4, 0.5) is 4.79 Å². The number of benzene rings is 1. The van der Waals surface area contributed by atoms with Crippen LogP contribution in [0.5, 0.6) is 0 Å². The molecule has 4 aliphatic rings. The Labute approximate surface area is 246 Å². The number of halogens is 1. The molecular weight excluding hydrogens is 522 g/mol. The Morgan fingerprint density at radius 3 is 2.10 bits per heavy atom. The molecule has 4 fully saturated rings. The van der Waals surface area contributed by atoms with Crippen molar-refractivity contribution in [3.63, 3.8) is 0 Å². The average Bonchev–Trinajstić information content (AvgIpc) is 3.24. The molecule has 2 bridgehead atoms. The minimum atomic E-state index is -0.241. The van der Waals surface area contributed by atoms with Crippen LogP contribution < -0.4 is 10.6 Å². The molecule has 2 unspecified atom stereocenters. The molecule has 0 aromatic heterocycles. The zero-order valence-electron chi connectivity index (χ0n) is 24.6. The normalized spacial score (nSPS) is 26.5. The smallest absolute Gasteiger partial charge is 0.320 e. The largest absolute Gasteiger partial charge is 0.335 e. The van der Waals surface area contributed by atoms with Crippen LogP contribution in [0.15, 0.2) is 24.3 Å². The number of piperidine rings is 2. The van der Waals surface area contributed by atoms with Crippen molar-refractivity contribution in [3.05, 3.63) is 34.9 Å². The summed E-state index contributed by atoms with van der Waals surface area (Å²) in [5.74, 6) is 0.242. The summed E-state index contributed by atoms with van der Waals surface area (Å²) in [4.78, 5) is 34.6. The Kier molecular flexibility index (Phi) is 10.3. The number of carbonyl (C=O) groups is 2. The number of nitrogens with zero attached hydrogens (tertiary/aromatic N) is 3. The Hall–Kier alpha value is -1.83. The second kappa shape index (κ2) is 13.9. The van der Waals surface area contributed by atoms with Gasteiger partial charge in [0.25, 0.3) is 0 Å². The van der Waals surface area contributed by atoms with Gasteiger partial charge in [-0.1, -0.05) is 43.0 Å². The lowest BCUT2D eigenvalue weighted by atomic mass is 9.92. The van der Waals surface area contributed by atoms with E-state index >= 15 is 0 Å². The minimum absolute atomic E-state index is 0.212. The quantitative estimate of drug-likeness (QED) is 0.427. The van der Waals surface area contributed by atoms with Crippen molar-refractivity contribution in [2.45, 2.75) is 127 Å². The van der Waals surface area contributed by atoms with E-state index in [-0.39, 0.29) is 36.1 Å². The van der Waals surface area contributed by atoms with E-state index in [1.54, 1.807) is 0 Å². The first-order valence-electron chi connectivity index (χ1n) is 16.1. The maximum absolute atomic E-state index is 14.3. The first kappa shape index (κ1) is 29.7. The van der Waals surface area contributed by atoms with Gasteiger partial charge in [0.05, 0.1) is 6.04 Å². The average molecular weight is 572 g/mol. The fourth-order valence-corrected chi connectivity index (χ4v) is 8.07. The lowest BCUT2D eigenvalue weighted by Crippen LogP contribution is -2.60. The molecule has 3 aliphatic heterocycles. The van der Waals surface area contributed by atoms with Gasteiger partial charge in [0.2, 0.25) is 5.91 Å². The third-order valence-corrected chi connectivity index (χ3v) is 10.3. The van der Waals surface area contributed by atoms with Gasteiger partial charge in [-0.2, -0.15) is 0 Å². The van der Waals surface area contributed by atoms with Gasteiger partial charge in [0.15, 0.2) is 0 Å². The third kappa shape index (κ3) is 6.79. The van der Waals surface area contributed by atoms with Gasteiger partial charge in [0, 0.05) is 48.3 Å². The molecule has 2 N–H and O–H groups in total. The summed E-state index contributed by atoms with van der Waals surface area (Å²) in [5, 5.41) is 7.93. The van der Waals surface area contributed by atoms with E-state index in [0.29, 0.717) is 18.5 Å². The molecule has 40 heavy (non-hydrogen) atoms. The Morgan fingerprint density at radius 1 is 0.900 bits per heavy atom. The molecule has 3 atom stereocenters. The zero-order valence-corrected chi connectivity index (χ0v) is 25.4. The van der Waals surface area contributed by atoms with Crippen LogP contribution >= 0.6 is 11.6 Å². The van der Waals surface area contributed by atoms with Crippen molar-refractivity contribution in [2.24, 2.45) is 0 Å². The lowest BCUT2D eigenvalue weighted by molar-refractivity contribution is -0.139. The Morgan fingerprint density at radius 2 is 1.50 bits per heavy atom. The second-order valence-corrected chi connectivity index (χ2v) is 12.9. The third-order valence-electron chi connectivity index (χ3n) is 10.0. The highest BCUT2D eigenvalue weighted by molar-refractivity contribution is 6.30. The number of carbonyl (C=O) groups excluding carboxylic acids is 2. The van der Waals surface area contributed by atoms with Crippen molar-refractivity contribution >= 4 is 23.5 Å². The molecule has 0 spiro atoms. The molecule has 222 valence electrons. The van der Waals surface area contributed by atoms with E-state index in [4.69, 9.17) is 11.6 Å². The highest BCUT2D eigenvalue weighted by Gasteiger charge is 2.47. The minimum Gasteiger partial charge on any atom is -0.335 e. The van der Waals surface area contributed by atoms with E-state index in [0.717, 1.165) is 88.1 Å². The van der Waals surface area contributed by atoms with Crippen molar-refractivity contribution in [1.82, 2.24) is 25.3 Å². The first-order valence-corrected chi connectivity index (χ1v) is 16.5. The number of rotatable bonds is 9. The molecule has 7 nitrogen and oxygen atoms in total. The number of urea groups is 1. The van der Waals surface area contributed by atoms with Crippen molar-refractivity contribution < 1.29 is 9.59 Å². The highest BCUT2D eigenvalue weighted by atomic mass is 35.5. The van der Waals surface area contributed by atoms with Gasteiger partial charge in [-0.3, -0.25) is 4.79 Å². The summed E-state index contributed by atoms with van der Waals surface area (Å²) in [6.45, 7) is 7.74. The fourth-order valence-electron chi connectivity index (χ4n) is 7.95. The summed E-state index contributed by atoms with van der Waals surface area (Å²) in [5.41, 5.74) is 1.14. The van der Waals surface area contributed by atoms with Gasteiger partial charge in [-0.15, -0.1) is 0 Å². The molecule has 8 heteroatoms. The van der Waals surface area contributed by atoms with Gasteiger partial charge >= 0.3 is 6.03 Å². The van der Waals surface area contributed by atoms with Crippen LogP contribution in [0.1, 0.15) is 90.0 Å². The number of amides is 3. The maximum atomic E-state index is 14.3. The zero-order chi connectivity index (χ0) is 28.1. The van der Waals surface area contributed by atoms with E-state index in [1.807, 2.05) is 24.3 Å². The van der Waals surface area contributed by atoms with Crippen LogP contribution in [-0.4, -0.2) is 89.1 Å². The molecule has 0 radical (unpaired) electrons. The summed E-state index contributed by atoms with van der Waals surface area (Å²) >= 11 is 6.15. The van der Waals surface area contributed by atoms with E-state index in [1.165, 1.54) is 19.3 Å². The van der Waals surface area contributed by atoms with Crippen LogP contribution in [0.2, 0.25) is 5.02 Å². The Balaban J connectivity index is 1.28. The molecular formula is C32H50ClN5O2. The topological polar surface area (TPSA) is 67.9 Å². The molecule has 1 aliphatic carbocycles. The number of nitrogens with one attached hydrogen (secondary N) is 2. The molecule has 5 rings (SSSR count). The van der Waals surface area contributed by atoms with Gasteiger partial charge in [-0.25, -0.2) is 4.79 Å². The predicted octanol–water partition coefficient (Wildman–Crippen LogP) is 5.21. The molecule has 1 aromatic carbocycles. The lowest BCUT2D eigenvalue weighted by Gasteiger charge is -2.46. The molecule has 3 heterocycles. The van der Waals surface area contributed by atoms with E-state index in [2.05, 4.69) is 39.2 Å². The van der Waals surface area contributed by atoms with E-state index in [9.17, 15) is 9.59 Å².